The maximum Gasteiger partial charge on any atom is 0.254 e. The van der Waals surface area contributed by atoms with Crippen LogP contribution in [0.3, 0.4) is 0 Å². The number of nitrogens with zero attached hydrogens (tertiary/aromatic N) is 3. The Morgan fingerprint density at radius 3 is 2.31 bits per heavy atom. The van der Waals surface area contributed by atoms with Gasteiger partial charge < -0.3 is 9.64 Å². The maximum atomic E-state index is 13.3. The van der Waals surface area contributed by atoms with Gasteiger partial charge in [-0.15, -0.1) is 0 Å². The van der Waals surface area contributed by atoms with Gasteiger partial charge in [-0.1, -0.05) is 23.7 Å². The highest BCUT2D eigenvalue weighted by molar-refractivity contribution is 7.89. The van der Waals surface area contributed by atoms with Crippen LogP contribution >= 0.6 is 11.6 Å². The minimum absolute atomic E-state index is 0.158. The normalized spacial score (nSPS) is 14.7. The first kappa shape index (κ1) is 24.2. The van der Waals surface area contributed by atoms with Gasteiger partial charge in [0.25, 0.3) is 5.91 Å². The molecule has 0 unspecified atom stereocenters. The van der Waals surface area contributed by atoms with E-state index in [1.165, 1.54) is 4.31 Å². The van der Waals surface area contributed by atoms with Gasteiger partial charge in [0.15, 0.2) is 0 Å². The molecule has 1 aliphatic heterocycles. The first-order chi connectivity index (χ1) is 17.4. The maximum absolute atomic E-state index is 13.3. The van der Waals surface area contributed by atoms with Crippen LogP contribution in [0.5, 0.6) is 5.75 Å². The number of carbonyl (C=O) groups is 1. The molecule has 184 valence electrons. The second kappa shape index (κ2) is 9.89. The number of pyridine rings is 1. The predicted molar refractivity (Wildman–Crippen MR) is 140 cm³/mol. The SMILES string of the molecule is COc1cc(C(=O)N2CCN(S(=O)(=O)c3ccc4cc(Cl)ccc4c3)CC2)ccc1-c1ccncc1. The third-order valence-electron chi connectivity index (χ3n) is 6.38. The molecular weight excluding hydrogens is 498 g/mol. The van der Waals surface area contributed by atoms with Crippen molar-refractivity contribution in [2.75, 3.05) is 33.3 Å². The van der Waals surface area contributed by atoms with Gasteiger partial charge >= 0.3 is 0 Å². The summed E-state index contributed by atoms with van der Waals surface area (Å²) in [4.78, 5) is 19.1. The van der Waals surface area contributed by atoms with Crippen LogP contribution in [0.1, 0.15) is 10.4 Å². The van der Waals surface area contributed by atoms with Crippen molar-refractivity contribution in [1.82, 2.24) is 14.2 Å². The Morgan fingerprint density at radius 1 is 0.889 bits per heavy atom. The number of amides is 1. The zero-order valence-electron chi connectivity index (χ0n) is 19.6. The van der Waals surface area contributed by atoms with Crippen LogP contribution in [-0.4, -0.2) is 61.8 Å². The Labute approximate surface area is 214 Å². The van der Waals surface area contributed by atoms with Crippen molar-refractivity contribution >= 4 is 38.3 Å². The Bertz CT molecular complexity index is 1540. The Hall–Kier alpha value is -3.46. The molecule has 4 aromatic rings. The number of halogens is 1. The van der Waals surface area contributed by atoms with Crippen LogP contribution in [0.25, 0.3) is 21.9 Å². The van der Waals surface area contributed by atoms with Crippen molar-refractivity contribution < 1.29 is 17.9 Å². The highest BCUT2D eigenvalue weighted by Crippen LogP contribution is 2.31. The summed E-state index contributed by atoms with van der Waals surface area (Å²) in [6.07, 6.45) is 3.41. The summed E-state index contributed by atoms with van der Waals surface area (Å²) < 4.78 is 33.5. The van der Waals surface area contributed by atoms with E-state index in [2.05, 4.69) is 4.98 Å². The third kappa shape index (κ3) is 4.67. The van der Waals surface area contributed by atoms with Crippen LogP contribution in [0.15, 0.2) is 84.0 Å². The molecule has 9 heteroatoms. The summed E-state index contributed by atoms with van der Waals surface area (Å²) in [6, 6.07) is 19.5. The highest BCUT2D eigenvalue weighted by Gasteiger charge is 2.31. The summed E-state index contributed by atoms with van der Waals surface area (Å²) >= 11 is 6.04. The molecule has 0 spiro atoms. The fourth-order valence-electron chi connectivity index (χ4n) is 4.41. The second-order valence-electron chi connectivity index (χ2n) is 8.50. The molecule has 2 heterocycles. The van der Waals surface area contributed by atoms with Crippen molar-refractivity contribution in [2.45, 2.75) is 4.90 Å². The molecule has 5 rings (SSSR count). The molecule has 1 aliphatic rings. The molecule has 1 saturated heterocycles. The number of piperazine rings is 1. The average Bonchev–Trinajstić information content (AvgIpc) is 2.92. The standard InChI is InChI=1S/C27H24ClN3O4S/c1-35-26-18-22(4-7-25(26)19-8-10-29-11-9-19)27(32)30-12-14-31(15-13-30)36(33,34)24-6-3-20-16-23(28)5-2-21(20)17-24/h2-11,16-18H,12-15H2,1H3. The van der Waals surface area contributed by atoms with E-state index in [0.717, 1.165) is 21.9 Å². The van der Waals surface area contributed by atoms with Crippen LogP contribution in [0, 0.1) is 0 Å². The van der Waals surface area contributed by atoms with Crippen molar-refractivity contribution in [3.63, 3.8) is 0 Å². The Kier molecular flexibility index (Phi) is 6.66. The fourth-order valence-corrected chi connectivity index (χ4v) is 6.05. The minimum Gasteiger partial charge on any atom is -0.496 e. The molecule has 0 bridgehead atoms. The number of carbonyl (C=O) groups excluding carboxylic acids is 1. The van der Waals surface area contributed by atoms with E-state index in [1.54, 1.807) is 66.9 Å². The number of methoxy groups -OCH3 is 1. The van der Waals surface area contributed by atoms with Crippen molar-refractivity contribution in [3.8, 4) is 16.9 Å². The molecule has 36 heavy (non-hydrogen) atoms. The van der Waals surface area contributed by atoms with Gasteiger partial charge in [0.05, 0.1) is 12.0 Å². The van der Waals surface area contributed by atoms with Gasteiger partial charge in [-0.05, 0) is 70.9 Å². The number of sulfonamides is 1. The molecule has 3 aromatic carbocycles. The lowest BCUT2D eigenvalue weighted by molar-refractivity contribution is 0.0697. The molecule has 0 atom stereocenters. The molecule has 7 nitrogen and oxygen atoms in total. The molecular formula is C27H24ClN3O4S. The smallest absolute Gasteiger partial charge is 0.254 e. The summed E-state index contributed by atoms with van der Waals surface area (Å²) in [5.41, 5.74) is 2.30. The van der Waals surface area contributed by atoms with Gasteiger partial charge in [-0.3, -0.25) is 9.78 Å². The van der Waals surface area contributed by atoms with Gasteiger partial charge in [-0.2, -0.15) is 4.31 Å². The average molecular weight is 522 g/mol. The zero-order valence-corrected chi connectivity index (χ0v) is 21.2. The van der Waals surface area contributed by atoms with Gasteiger partial charge in [0, 0.05) is 54.7 Å². The Balaban J connectivity index is 1.30. The van der Waals surface area contributed by atoms with Crippen LogP contribution < -0.4 is 4.74 Å². The monoisotopic (exact) mass is 521 g/mol. The van der Waals surface area contributed by atoms with Gasteiger partial charge in [-0.25, -0.2) is 8.42 Å². The van der Waals surface area contributed by atoms with Gasteiger partial charge in [0.2, 0.25) is 10.0 Å². The first-order valence-electron chi connectivity index (χ1n) is 11.4. The van der Waals surface area contributed by atoms with E-state index in [1.807, 2.05) is 24.3 Å². The number of aromatic nitrogens is 1. The molecule has 1 fully saturated rings. The molecule has 0 saturated carbocycles. The molecule has 1 amide bonds. The molecule has 0 N–H and O–H groups in total. The summed E-state index contributed by atoms with van der Waals surface area (Å²) in [7, 11) is -2.12. The number of fused-ring (bicyclic) bond motifs is 1. The second-order valence-corrected chi connectivity index (χ2v) is 10.9. The first-order valence-corrected chi connectivity index (χ1v) is 13.3. The fraction of sp³-hybridized carbons (Fsp3) is 0.185. The van der Waals surface area contributed by atoms with E-state index < -0.39 is 10.0 Å². The Morgan fingerprint density at radius 2 is 1.58 bits per heavy atom. The van der Waals surface area contributed by atoms with E-state index >= 15 is 0 Å². The van der Waals surface area contributed by atoms with E-state index in [-0.39, 0.29) is 23.9 Å². The topological polar surface area (TPSA) is 79.8 Å². The number of ether oxygens (including phenoxy) is 1. The number of benzene rings is 3. The summed E-state index contributed by atoms with van der Waals surface area (Å²) in [6.45, 7) is 1.04. The van der Waals surface area contributed by atoms with Crippen molar-refractivity contribution in [3.05, 3.63) is 89.7 Å². The highest BCUT2D eigenvalue weighted by atomic mass is 35.5. The summed E-state index contributed by atoms with van der Waals surface area (Å²) in [5, 5.41) is 2.28. The number of hydrogen-bond donors (Lipinski definition) is 0. The van der Waals surface area contributed by atoms with Crippen LogP contribution in [0.4, 0.5) is 0 Å². The van der Waals surface area contributed by atoms with Crippen LogP contribution in [-0.2, 0) is 10.0 Å². The molecule has 1 aromatic heterocycles. The third-order valence-corrected chi connectivity index (χ3v) is 8.51. The van der Waals surface area contributed by atoms with E-state index in [9.17, 15) is 13.2 Å². The zero-order chi connectivity index (χ0) is 25.3. The number of hydrogen-bond acceptors (Lipinski definition) is 5. The summed E-state index contributed by atoms with van der Waals surface area (Å²) in [5.74, 6) is 0.431. The minimum atomic E-state index is -3.69. The van der Waals surface area contributed by atoms with E-state index in [0.29, 0.717) is 29.4 Å². The largest absolute Gasteiger partial charge is 0.496 e. The lowest BCUT2D eigenvalue weighted by atomic mass is 10.0. The molecule has 0 radical (unpaired) electrons. The quantitative estimate of drug-likeness (QED) is 0.380. The predicted octanol–water partition coefficient (Wildman–Crippen LogP) is 4.71. The van der Waals surface area contributed by atoms with Crippen molar-refractivity contribution in [1.29, 1.82) is 0 Å². The lowest BCUT2D eigenvalue weighted by Gasteiger charge is -2.34. The van der Waals surface area contributed by atoms with Crippen molar-refractivity contribution in [2.24, 2.45) is 0 Å². The van der Waals surface area contributed by atoms with E-state index in [4.69, 9.17) is 16.3 Å². The van der Waals surface area contributed by atoms with Crippen LogP contribution in [0.2, 0.25) is 5.02 Å². The molecule has 0 aliphatic carbocycles. The van der Waals surface area contributed by atoms with Gasteiger partial charge in [0.1, 0.15) is 5.75 Å². The number of rotatable bonds is 5. The lowest BCUT2D eigenvalue weighted by Crippen LogP contribution is -2.50.